The normalized spacial score (nSPS) is 9.00. The third-order valence-electron chi connectivity index (χ3n) is 0.947. The van der Waals surface area contributed by atoms with E-state index in [1.165, 1.54) is 0 Å². The molecule has 0 aliphatic carbocycles. The molecule has 2 nitrogen and oxygen atoms in total. The molecule has 1 aromatic carbocycles. The van der Waals surface area contributed by atoms with E-state index in [0.717, 1.165) is 11.4 Å². The lowest BCUT2D eigenvalue weighted by Crippen LogP contribution is -1.82. The Morgan fingerprint density at radius 1 is 1.44 bits per heavy atom. The third-order valence-corrected chi connectivity index (χ3v) is 1.46. The van der Waals surface area contributed by atoms with Crippen LogP contribution in [0.25, 0.3) is 0 Å². The van der Waals surface area contributed by atoms with E-state index in [2.05, 4.69) is 0 Å². The summed E-state index contributed by atoms with van der Waals surface area (Å²) in [5.74, 6) is 0.788. The number of benzene rings is 1. The van der Waals surface area contributed by atoms with Crippen LogP contribution >= 0.6 is 23.0 Å². The molecule has 3 heteroatoms. The second-order valence-electron chi connectivity index (χ2n) is 1.65. The van der Waals surface area contributed by atoms with Crippen molar-refractivity contribution in [2.75, 3.05) is 5.73 Å². The molecule has 2 N–H and O–H groups in total. The van der Waals surface area contributed by atoms with E-state index in [-0.39, 0.29) is 0 Å². The predicted octanol–water partition coefficient (Wildman–Crippen LogP) is 2.00. The highest BCUT2D eigenvalue weighted by Crippen LogP contribution is 2.15. The number of hydrogen-bond donors (Lipinski definition) is 1. The summed E-state index contributed by atoms with van der Waals surface area (Å²) >= 11 is 1.81. The van der Waals surface area contributed by atoms with Crippen molar-refractivity contribution in [3.8, 4) is 5.75 Å². The molecule has 0 aliphatic rings. The summed E-state index contributed by atoms with van der Waals surface area (Å²) in [7, 11) is 0. The number of hydrogen-bond acceptors (Lipinski definition) is 2. The Bertz CT molecular complexity index is 202. The molecule has 0 heterocycles. The zero-order valence-corrected chi connectivity index (χ0v) is 6.83. The molecule has 1 rings (SSSR count). The maximum atomic E-state index is 5.45. The van der Waals surface area contributed by atoms with Crippen molar-refractivity contribution in [1.29, 1.82) is 0 Å². The van der Waals surface area contributed by atoms with Crippen LogP contribution in [0.5, 0.6) is 5.75 Å². The molecule has 48 valence electrons. The second-order valence-corrected chi connectivity index (χ2v) is 2.09. The lowest BCUT2D eigenvalue weighted by atomic mass is 10.3. The summed E-state index contributed by atoms with van der Waals surface area (Å²) in [5, 5.41) is 0. The van der Waals surface area contributed by atoms with Gasteiger partial charge in [-0.15, -0.1) is 0 Å². The van der Waals surface area contributed by atoms with Crippen molar-refractivity contribution in [3.05, 3.63) is 24.3 Å². The Morgan fingerprint density at radius 2 is 2.22 bits per heavy atom. The molecule has 0 saturated carbocycles. The summed E-state index contributed by atoms with van der Waals surface area (Å²) in [6.07, 6.45) is 0. The van der Waals surface area contributed by atoms with Crippen LogP contribution in [0.4, 0.5) is 5.69 Å². The lowest BCUT2D eigenvalue weighted by Gasteiger charge is -1.95. The fraction of sp³-hybridized carbons (Fsp3) is 0. The first kappa shape index (κ1) is 6.67. The van der Waals surface area contributed by atoms with E-state index in [9.17, 15) is 0 Å². The molecule has 9 heavy (non-hydrogen) atoms. The maximum Gasteiger partial charge on any atom is 0.192 e. The van der Waals surface area contributed by atoms with E-state index in [1.807, 2.05) is 41.2 Å². The third kappa shape index (κ3) is 1.74. The van der Waals surface area contributed by atoms with Crippen molar-refractivity contribution in [1.82, 2.24) is 0 Å². The largest absolute Gasteiger partial charge is 0.428 e. The van der Waals surface area contributed by atoms with Gasteiger partial charge in [0.15, 0.2) is 23.0 Å². The minimum absolute atomic E-state index is 0.726. The highest BCUT2D eigenvalue weighted by atomic mass is 127. The Labute approximate surface area is 67.7 Å². The van der Waals surface area contributed by atoms with Crippen LogP contribution in [0.15, 0.2) is 24.3 Å². The molecule has 0 bridgehead atoms. The molecule has 0 fully saturated rings. The van der Waals surface area contributed by atoms with Gasteiger partial charge in [-0.3, -0.25) is 0 Å². The lowest BCUT2D eigenvalue weighted by molar-refractivity contribution is 0.717. The fourth-order valence-electron chi connectivity index (χ4n) is 0.563. The van der Waals surface area contributed by atoms with E-state index < -0.39 is 0 Å². The fourth-order valence-corrected chi connectivity index (χ4v) is 0.836. The number of nitrogens with two attached hydrogens (primary N) is 1. The van der Waals surface area contributed by atoms with E-state index in [1.54, 1.807) is 6.07 Å². The molecule has 0 unspecified atom stereocenters. The number of anilines is 1. The molecule has 0 aliphatic heterocycles. The minimum Gasteiger partial charge on any atom is -0.428 e. The van der Waals surface area contributed by atoms with Crippen molar-refractivity contribution < 1.29 is 3.07 Å². The molecule has 0 aromatic heterocycles. The van der Waals surface area contributed by atoms with Crippen LogP contribution in [-0.2, 0) is 0 Å². The number of nitrogen functional groups attached to an aromatic ring is 1. The zero-order chi connectivity index (χ0) is 6.69. The second kappa shape index (κ2) is 2.91. The topological polar surface area (TPSA) is 35.2 Å². The summed E-state index contributed by atoms with van der Waals surface area (Å²) in [6, 6.07) is 7.29. The van der Waals surface area contributed by atoms with Gasteiger partial charge in [-0.05, 0) is 12.1 Å². The SMILES string of the molecule is Nc1cccc(OI)c1. The summed E-state index contributed by atoms with van der Waals surface area (Å²) in [5.41, 5.74) is 6.18. The molecule has 1 aromatic rings. The first-order valence-electron chi connectivity index (χ1n) is 2.47. The van der Waals surface area contributed by atoms with Crippen LogP contribution in [0.2, 0.25) is 0 Å². The summed E-state index contributed by atoms with van der Waals surface area (Å²) in [6.45, 7) is 0. The van der Waals surface area contributed by atoms with Crippen LogP contribution in [0.3, 0.4) is 0 Å². The smallest absolute Gasteiger partial charge is 0.192 e. The zero-order valence-electron chi connectivity index (χ0n) is 4.67. The monoisotopic (exact) mass is 235 g/mol. The highest BCUT2D eigenvalue weighted by molar-refractivity contribution is 14.1. The van der Waals surface area contributed by atoms with Gasteiger partial charge < -0.3 is 8.80 Å². The Morgan fingerprint density at radius 3 is 2.67 bits per heavy atom. The average molecular weight is 235 g/mol. The number of halogens is 1. The Balaban J connectivity index is 2.94. The van der Waals surface area contributed by atoms with Gasteiger partial charge in [-0.25, -0.2) is 0 Å². The quantitative estimate of drug-likeness (QED) is 0.596. The summed E-state index contributed by atoms with van der Waals surface area (Å²) < 4.78 is 4.88. The summed E-state index contributed by atoms with van der Waals surface area (Å²) in [4.78, 5) is 0. The van der Waals surface area contributed by atoms with Crippen molar-refractivity contribution in [2.45, 2.75) is 0 Å². The van der Waals surface area contributed by atoms with Gasteiger partial charge >= 0.3 is 0 Å². The average Bonchev–Trinajstić information content (AvgIpc) is 1.88. The van der Waals surface area contributed by atoms with E-state index >= 15 is 0 Å². The van der Waals surface area contributed by atoms with Gasteiger partial charge in [-0.1, -0.05) is 6.07 Å². The van der Waals surface area contributed by atoms with E-state index in [0.29, 0.717) is 0 Å². The highest BCUT2D eigenvalue weighted by Gasteiger charge is 1.88. The van der Waals surface area contributed by atoms with Gasteiger partial charge in [0.1, 0.15) is 5.75 Å². The first-order chi connectivity index (χ1) is 4.33. The van der Waals surface area contributed by atoms with E-state index in [4.69, 9.17) is 8.80 Å². The van der Waals surface area contributed by atoms with Crippen LogP contribution in [-0.4, -0.2) is 0 Å². The molecular formula is C6H6INO. The van der Waals surface area contributed by atoms with Crippen LogP contribution in [0, 0.1) is 0 Å². The van der Waals surface area contributed by atoms with Gasteiger partial charge in [0.05, 0.1) is 0 Å². The van der Waals surface area contributed by atoms with Gasteiger partial charge in [-0.2, -0.15) is 0 Å². The maximum absolute atomic E-state index is 5.45. The molecule has 0 radical (unpaired) electrons. The number of rotatable bonds is 1. The van der Waals surface area contributed by atoms with Crippen molar-refractivity contribution >= 4 is 28.7 Å². The molecule has 0 atom stereocenters. The molecule has 0 spiro atoms. The Hall–Kier alpha value is -0.450. The molecule has 0 saturated heterocycles. The van der Waals surface area contributed by atoms with Crippen LogP contribution < -0.4 is 8.80 Å². The predicted molar refractivity (Wildman–Crippen MR) is 45.5 cm³/mol. The van der Waals surface area contributed by atoms with Gasteiger partial charge in [0, 0.05) is 11.8 Å². The van der Waals surface area contributed by atoms with Crippen molar-refractivity contribution in [3.63, 3.8) is 0 Å². The van der Waals surface area contributed by atoms with Gasteiger partial charge in [0.25, 0.3) is 0 Å². The molecular weight excluding hydrogens is 229 g/mol. The van der Waals surface area contributed by atoms with Gasteiger partial charge in [0.2, 0.25) is 0 Å². The minimum atomic E-state index is 0.726. The standard InChI is InChI=1S/C6H6INO/c7-9-6-3-1-2-5(8)4-6/h1-4H,8H2. The van der Waals surface area contributed by atoms with Crippen molar-refractivity contribution in [2.24, 2.45) is 0 Å². The first-order valence-corrected chi connectivity index (χ1v) is 3.35. The molecule has 0 amide bonds. The Kier molecular flexibility index (Phi) is 2.16. The van der Waals surface area contributed by atoms with Crippen LogP contribution in [0.1, 0.15) is 0 Å².